The highest BCUT2D eigenvalue weighted by atomic mass is 16.5. The minimum absolute atomic E-state index is 0.169. The zero-order chi connectivity index (χ0) is 15.2. The van der Waals surface area contributed by atoms with Crippen LogP contribution in [0.1, 0.15) is 25.3 Å². The van der Waals surface area contributed by atoms with E-state index in [2.05, 4.69) is 5.32 Å². The quantitative estimate of drug-likeness (QED) is 0.814. The number of ether oxygens (including phenoxy) is 1. The lowest BCUT2D eigenvalue weighted by Crippen LogP contribution is -2.45. The third-order valence-corrected chi connectivity index (χ3v) is 3.35. The van der Waals surface area contributed by atoms with Crippen LogP contribution >= 0.6 is 0 Å². The van der Waals surface area contributed by atoms with Gasteiger partial charge >= 0.3 is 5.97 Å². The second-order valence-corrected chi connectivity index (χ2v) is 4.89. The van der Waals surface area contributed by atoms with Gasteiger partial charge in [0, 0.05) is 19.9 Å². The summed E-state index contributed by atoms with van der Waals surface area (Å²) in [5, 5.41) is 2.81. The van der Waals surface area contributed by atoms with Crippen LogP contribution in [0.4, 0.5) is 0 Å². The van der Waals surface area contributed by atoms with Gasteiger partial charge < -0.3 is 10.1 Å². The van der Waals surface area contributed by atoms with Gasteiger partial charge in [-0.1, -0.05) is 30.3 Å². The van der Waals surface area contributed by atoms with Crippen LogP contribution in [0, 0.1) is 0 Å². The molecule has 112 valence electrons. The fourth-order valence-electron chi connectivity index (χ4n) is 2.23. The molecule has 0 radical (unpaired) electrons. The number of hydrogen-bond donors (Lipinski definition) is 1. The lowest BCUT2D eigenvalue weighted by atomic mass is 10.2. The van der Waals surface area contributed by atoms with Crippen molar-refractivity contribution in [3.8, 4) is 0 Å². The van der Waals surface area contributed by atoms with Crippen molar-refractivity contribution in [2.24, 2.45) is 0 Å². The first kappa shape index (κ1) is 15.0. The first-order valence-electron chi connectivity index (χ1n) is 6.82. The SMILES string of the molecule is CC(=O)OCN1C(=O)CC[C@H]1C(=O)NCc1ccccc1. The molecule has 0 bridgehead atoms. The Morgan fingerprint density at radius 2 is 2.05 bits per heavy atom. The molecule has 2 rings (SSSR count). The molecule has 0 unspecified atom stereocenters. The van der Waals surface area contributed by atoms with Crippen LogP contribution < -0.4 is 5.32 Å². The Kier molecular flexibility index (Phi) is 4.92. The maximum atomic E-state index is 12.2. The van der Waals surface area contributed by atoms with Gasteiger partial charge in [-0.15, -0.1) is 0 Å². The van der Waals surface area contributed by atoms with Crippen LogP contribution in [0.15, 0.2) is 30.3 Å². The minimum atomic E-state index is -0.569. The summed E-state index contributed by atoms with van der Waals surface area (Å²) in [6.07, 6.45) is 0.741. The van der Waals surface area contributed by atoms with Crippen LogP contribution in [0.5, 0.6) is 0 Å². The van der Waals surface area contributed by atoms with Gasteiger partial charge in [-0.05, 0) is 12.0 Å². The molecular weight excluding hydrogens is 272 g/mol. The van der Waals surface area contributed by atoms with E-state index >= 15 is 0 Å². The zero-order valence-corrected chi connectivity index (χ0v) is 11.9. The molecule has 1 atom stereocenters. The number of nitrogens with one attached hydrogen (secondary N) is 1. The van der Waals surface area contributed by atoms with Gasteiger partial charge in [0.05, 0.1) is 0 Å². The van der Waals surface area contributed by atoms with Crippen LogP contribution in [0.2, 0.25) is 0 Å². The molecule has 1 heterocycles. The predicted octanol–water partition coefficient (Wildman–Crippen LogP) is 0.814. The number of amides is 2. The van der Waals surface area contributed by atoms with Gasteiger partial charge in [-0.3, -0.25) is 19.3 Å². The second-order valence-electron chi connectivity index (χ2n) is 4.89. The van der Waals surface area contributed by atoms with Gasteiger partial charge in [-0.2, -0.15) is 0 Å². The number of hydrogen-bond acceptors (Lipinski definition) is 4. The van der Waals surface area contributed by atoms with Crippen molar-refractivity contribution >= 4 is 17.8 Å². The number of likely N-dealkylation sites (tertiary alicyclic amines) is 1. The summed E-state index contributed by atoms with van der Waals surface area (Å²) in [4.78, 5) is 36.0. The van der Waals surface area contributed by atoms with Crippen molar-refractivity contribution in [2.75, 3.05) is 6.73 Å². The molecule has 1 aliphatic rings. The van der Waals surface area contributed by atoms with E-state index in [9.17, 15) is 14.4 Å². The highest BCUT2D eigenvalue weighted by molar-refractivity contribution is 5.90. The van der Waals surface area contributed by atoms with Crippen molar-refractivity contribution in [3.05, 3.63) is 35.9 Å². The number of carbonyl (C=O) groups is 3. The Morgan fingerprint density at radius 3 is 2.71 bits per heavy atom. The number of nitrogens with zero attached hydrogens (tertiary/aromatic N) is 1. The topological polar surface area (TPSA) is 75.7 Å². The Labute approximate surface area is 123 Å². The van der Waals surface area contributed by atoms with Gasteiger partial charge in [0.15, 0.2) is 6.73 Å². The van der Waals surface area contributed by atoms with E-state index in [-0.39, 0.29) is 18.5 Å². The minimum Gasteiger partial charge on any atom is -0.444 e. The van der Waals surface area contributed by atoms with Crippen LogP contribution in [0.3, 0.4) is 0 Å². The molecule has 0 aromatic heterocycles. The van der Waals surface area contributed by atoms with Crippen molar-refractivity contribution in [2.45, 2.75) is 32.4 Å². The number of rotatable bonds is 5. The first-order valence-corrected chi connectivity index (χ1v) is 6.82. The summed E-state index contributed by atoms with van der Waals surface area (Å²) < 4.78 is 4.83. The van der Waals surface area contributed by atoms with E-state index in [1.165, 1.54) is 11.8 Å². The fourth-order valence-corrected chi connectivity index (χ4v) is 2.23. The molecule has 1 aliphatic heterocycles. The summed E-state index contributed by atoms with van der Waals surface area (Å²) >= 11 is 0. The maximum Gasteiger partial charge on any atom is 0.304 e. The van der Waals surface area contributed by atoms with Crippen molar-refractivity contribution in [1.29, 1.82) is 0 Å². The molecular formula is C15H18N2O4. The monoisotopic (exact) mass is 290 g/mol. The summed E-state index contributed by atoms with van der Waals surface area (Å²) in [5.41, 5.74) is 0.988. The fraction of sp³-hybridized carbons (Fsp3) is 0.400. The van der Waals surface area contributed by atoms with Crippen LogP contribution in [0.25, 0.3) is 0 Å². The normalized spacial score (nSPS) is 17.7. The number of benzene rings is 1. The Bertz CT molecular complexity index is 530. The van der Waals surface area contributed by atoms with E-state index in [1.54, 1.807) is 0 Å². The Hall–Kier alpha value is -2.37. The average Bonchev–Trinajstić information content (AvgIpc) is 2.85. The molecule has 1 saturated heterocycles. The maximum absolute atomic E-state index is 12.2. The van der Waals surface area contributed by atoms with Crippen LogP contribution in [-0.2, 0) is 25.7 Å². The predicted molar refractivity (Wildman–Crippen MR) is 74.8 cm³/mol. The third kappa shape index (κ3) is 4.05. The van der Waals surface area contributed by atoms with Gasteiger partial charge in [0.2, 0.25) is 11.8 Å². The van der Waals surface area contributed by atoms with E-state index < -0.39 is 12.0 Å². The van der Waals surface area contributed by atoms with E-state index in [4.69, 9.17) is 4.74 Å². The van der Waals surface area contributed by atoms with Crippen molar-refractivity contribution < 1.29 is 19.1 Å². The van der Waals surface area contributed by atoms with Crippen molar-refractivity contribution in [1.82, 2.24) is 10.2 Å². The molecule has 0 saturated carbocycles. The van der Waals surface area contributed by atoms with Crippen molar-refractivity contribution in [3.63, 3.8) is 0 Å². The summed E-state index contributed by atoms with van der Waals surface area (Å²) in [7, 11) is 0. The highest BCUT2D eigenvalue weighted by Crippen LogP contribution is 2.18. The van der Waals surface area contributed by atoms with E-state index in [0.717, 1.165) is 5.56 Å². The number of esters is 1. The molecule has 2 amide bonds. The third-order valence-electron chi connectivity index (χ3n) is 3.35. The molecule has 1 aromatic rings. The smallest absolute Gasteiger partial charge is 0.304 e. The first-order chi connectivity index (χ1) is 10.1. The molecule has 21 heavy (non-hydrogen) atoms. The highest BCUT2D eigenvalue weighted by Gasteiger charge is 2.36. The summed E-state index contributed by atoms with van der Waals surface area (Å²) in [6.45, 7) is 1.51. The molecule has 1 N–H and O–H groups in total. The molecule has 0 spiro atoms. The van der Waals surface area contributed by atoms with Gasteiger partial charge in [-0.25, -0.2) is 0 Å². The summed E-state index contributed by atoms with van der Waals surface area (Å²) in [6, 6.07) is 8.96. The summed E-state index contributed by atoms with van der Waals surface area (Å²) in [5.74, 6) is -0.869. The largest absolute Gasteiger partial charge is 0.444 e. The number of carbonyl (C=O) groups excluding carboxylic acids is 3. The molecule has 1 aromatic carbocycles. The van der Waals surface area contributed by atoms with Gasteiger partial charge in [0.25, 0.3) is 0 Å². The lowest BCUT2D eigenvalue weighted by Gasteiger charge is -2.23. The molecule has 6 heteroatoms. The Balaban J connectivity index is 1.91. The lowest BCUT2D eigenvalue weighted by molar-refractivity contribution is -0.153. The van der Waals surface area contributed by atoms with Crippen LogP contribution in [-0.4, -0.2) is 35.5 Å². The van der Waals surface area contributed by atoms with E-state index in [0.29, 0.717) is 19.4 Å². The average molecular weight is 290 g/mol. The second kappa shape index (κ2) is 6.88. The molecule has 0 aliphatic carbocycles. The van der Waals surface area contributed by atoms with E-state index in [1.807, 2.05) is 30.3 Å². The molecule has 6 nitrogen and oxygen atoms in total. The zero-order valence-electron chi connectivity index (χ0n) is 11.9. The molecule has 1 fully saturated rings. The standard InChI is InChI=1S/C15H18N2O4/c1-11(18)21-10-17-13(7-8-14(17)19)15(20)16-9-12-5-3-2-4-6-12/h2-6,13H,7-10H2,1H3,(H,16,20)/t13-/m0/s1. The van der Waals surface area contributed by atoms with Gasteiger partial charge in [0.1, 0.15) is 6.04 Å². The Morgan fingerprint density at radius 1 is 1.33 bits per heavy atom.